The fraction of sp³-hybridized carbons (Fsp3) is 0.269. The fourth-order valence-corrected chi connectivity index (χ4v) is 4.71. The number of nitrogen functional groups attached to an aromatic ring is 1. The number of piperidine rings is 1. The van der Waals surface area contributed by atoms with E-state index in [0.29, 0.717) is 53.7 Å². The molecule has 0 radical (unpaired) electrons. The third kappa shape index (κ3) is 5.54. The maximum Gasteiger partial charge on any atom is 0.246 e. The third-order valence-corrected chi connectivity index (χ3v) is 6.67. The molecule has 37 heavy (non-hydrogen) atoms. The predicted molar refractivity (Wildman–Crippen MR) is 140 cm³/mol. The highest BCUT2D eigenvalue weighted by Gasteiger charge is 2.27. The Kier molecular flexibility index (Phi) is 7.28. The van der Waals surface area contributed by atoms with Crippen LogP contribution < -0.4 is 15.2 Å². The van der Waals surface area contributed by atoms with E-state index in [1.165, 1.54) is 12.4 Å². The predicted octanol–water partition coefficient (Wildman–Crippen LogP) is 3.22. The second kappa shape index (κ2) is 11.1. The highest BCUT2D eigenvalue weighted by atomic mass is 32.1. The number of ether oxygens (including phenoxy) is 2. The first-order chi connectivity index (χ1) is 18.1. The lowest BCUT2D eigenvalue weighted by molar-refractivity contribution is -0.127. The Labute approximate surface area is 217 Å². The molecule has 5 rings (SSSR count). The maximum atomic E-state index is 12.2. The van der Waals surface area contributed by atoms with Crippen LogP contribution >= 0.6 is 11.3 Å². The monoisotopic (exact) mass is 515 g/mol. The summed E-state index contributed by atoms with van der Waals surface area (Å²) in [5, 5.41) is 8.13. The number of nitrogens with zero attached hydrogens (tertiary/aromatic N) is 6. The Bertz CT molecular complexity index is 1470. The Balaban J connectivity index is 1.30. The zero-order valence-corrected chi connectivity index (χ0v) is 20.9. The number of fused-ring (bicyclic) bond motifs is 1. The normalized spacial score (nSPS) is 15.1. The molecule has 188 valence electrons. The average Bonchev–Trinajstić information content (AvgIpc) is 3.59. The van der Waals surface area contributed by atoms with Crippen LogP contribution in [0, 0.1) is 11.8 Å². The van der Waals surface area contributed by atoms with Crippen LogP contribution in [0.3, 0.4) is 0 Å². The molecule has 1 aliphatic rings. The summed E-state index contributed by atoms with van der Waals surface area (Å²) in [6, 6.07) is 7.33. The Morgan fingerprint density at radius 2 is 2.14 bits per heavy atom. The van der Waals surface area contributed by atoms with E-state index >= 15 is 0 Å². The van der Waals surface area contributed by atoms with Crippen molar-refractivity contribution < 1.29 is 14.3 Å². The smallest absolute Gasteiger partial charge is 0.246 e. The number of benzene rings is 1. The molecule has 1 atom stereocenters. The van der Waals surface area contributed by atoms with Gasteiger partial charge in [0.1, 0.15) is 47.6 Å². The van der Waals surface area contributed by atoms with Crippen LogP contribution in [0.15, 0.2) is 54.8 Å². The summed E-state index contributed by atoms with van der Waals surface area (Å²) in [7, 11) is 0. The first-order valence-electron chi connectivity index (χ1n) is 11.8. The summed E-state index contributed by atoms with van der Waals surface area (Å²) in [4.78, 5) is 26.7. The second-order valence-corrected chi connectivity index (χ2v) is 9.29. The Morgan fingerprint density at radius 3 is 2.95 bits per heavy atom. The molecule has 1 fully saturated rings. The van der Waals surface area contributed by atoms with Gasteiger partial charge in [0.05, 0.1) is 11.4 Å². The van der Waals surface area contributed by atoms with E-state index in [-0.39, 0.29) is 18.6 Å². The van der Waals surface area contributed by atoms with E-state index in [1.807, 2.05) is 34.3 Å². The van der Waals surface area contributed by atoms with Crippen LogP contribution in [-0.4, -0.2) is 55.2 Å². The summed E-state index contributed by atoms with van der Waals surface area (Å²) in [5.74, 6) is 7.61. The molecule has 1 unspecified atom stereocenters. The summed E-state index contributed by atoms with van der Waals surface area (Å²) in [6.45, 7) is 5.35. The number of aromatic nitrogens is 5. The van der Waals surface area contributed by atoms with Crippen LogP contribution in [0.4, 0.5) is 5.82 Å². The van der Waals surface area contributed by atoms with Gasteiger partial charge in [-0.15, -0.1) is 11.3 Å². The van der Waals surface area contributed by atoms with Crippen molar-refractivity contribution in [1.82, 2.24) is 29.6 Å². The molecule has 2 N–H and O–H groups in total. The summed E-state index contributed by atoms with van der Waals surface area (Å²) in [6.07, 6.45) is 6.21. The first-order valence-corrected chi connectivity index (χ1v) is 12.6. The van der Waals surface area contributed by atoms with Crippen molar-refractivity contribution in [2.45, 2.75) is 25.5 Å². The molecule has 0 spiro atoms. The number of likely N-dealkylation sites (tertiary alicyclic amines) is 1. The molecule has 0 saturated carbocycles. The van der Waals surface area contributed by atoms with Crippen molar-refractivity contribution in [2.75, 3.05) is 25.4 Å². The molecule has 11 heteroatoms. The lowest BCUT2D eigenvalue weighted by Crippen LogP contribution is -2.40. The molecular formula is C26H25N7O3S. The van der Waals surface area contributed by atoms with Crippen LogP contribution in [0.5, 0.6) is 11.5 Å². The molecular weight excluding hydrogens is 490 g/mol. The number of anilines is 1. The number of carbonyl (C=O) groups is 1. The van der Waals surface area contributed by atoms with Crippen molar-refractivity contribution in [3.8, 4) is 23.3 Å². The van der Waals surface area contributed by atoms with Gasteiger partial charge >= 0.3 is 0 Å². The molecule has 4 aromatic rings. The van der Waals surface area contributed by atoms with E-state index in [9.17, 15) is 4.79 Å². The average molecular weight is 516 g/mol. The van der Waals surface area contributed by atoms with Gasteiger partial charge in [-0.05, 0) is 37.0 Å². The molecule has 0 aliphatic carbocycles. The lowest BCUT2D eigenvalue weighted by Gasteiger charge is -2.32. The quantitative estimate of drug-likeness (QED) is 0.294. The minimum atomic E-state index is -0.0925. The zero-order valence-electron chi connectivity index (χ0n) is 20.0. The molecule has 1 aliphatic heterocycles. The van der Waals surface area contributed by atoms with Crippen molar-refractivity contribution in [1.29, 1.82) is 0 Å². The van der Waals surface area contributed by atoms with Crippen LogP contribution in [0.25, 0.3) is 11.0 Å². The number of thiazole rings is 1. The molecule has 4 heterocycles. The molecule has 1 saturated heterocycles. The van der Waals surface area contributed by atoms with Crippen molar-refractivity contribution in [2.24, 2.45) is 0 Å². The first kappa shape index (κ1) is 24.3. The van der Waals surface area contributed by atoms with Gasteiger partial charge in [0.15, 0.2) is 5.65 Å². The molecule has 0 bridgehead atoms. The minimum Gasteiger partial charge on any atom is -0.486 e. The number of amides is 1. The number of rotatable bonds is 7. The largest absolute Gasteiger partial charge is 0.486 e. The number of hydrogen-bond donors (Lipinski definition) is 1. The van der Waals surface area contributed by atoms with Crippen LogP contribution in [0.2, 0.25) is 0 Å². The van der Waals surface area contributed by atoms with Crippen molar-refractivity contribution >= 4 is 34.1 Å². The third-order valence-electron chi connectivity index (χ3n) is 5.92. The van der Waals surface area contributed by atoms with E-state index in [1.54, 1.807) is 22.4 Å². The van der Waals surface area contributed by atoms with Gasteiger partial charge in [0.2, 0.25) is 5.91 Å². The van der Waals surface area contributed by atoms with Gasteiger partial charge in [-0.3, -0.25) is 4.79 Å². The van der Waals surface area contributed by atoms with Gasteiger partial charge in [-0.25, -0.2) is 19.6 Å². The number of nitrogens with two attached hydrogens (primary N) is 1. The maximum absolute atomic E-state index is 12.2. The summed E-state index contributed by atoms with van der Waals surface area (Å²) in [5.41, 5.74) is 7.25. The van der Waals surface area contributed by atoms with Gasteiger partial charge in [0.25, 0.3) is 0 Å². The van der Waals surface area contributed by atoms with Gasteiger partial charge < -0.3 is 20.1 Å². The Hall–Kier alpha value is -4.43. The molecule has 10 nitrogen and oxygen atoms in total. The van der Waals surface area contributed by atoms with Crippen molar-refractivity contribution in [3.05, 3.63) is 65.5 Å². The molecule has 3 aromatic heterocycles. The molecule has 1 amide bonds. The second-order valence-electron chi connectivity index (χ2n) is 8.31. The van der Waals surface area contributed by atoms with Crippen LogP contribution in [0.1, 0.15) is 29.6 Å². The van der Waals surface area contributed by atoms with Gasteiger partial charge in [-0.1, -0.05) is 18.6 Å². The highest BCUT2D eigenvalue weighted by Crippen LogP contribution is 2.28. The van der Waals surface area contributed by atoms with Crippen LogP contribution in [-0.2, 0) is 11.4 Å². The standard InChI is InChI=1S/C26H25N7O3S/c1-2-23(34)32-11-4-6-18(15-32)33-26-24(25(27)29-17-30-26)21(31-33)9-5-12-35-19-7-3-8-20(14-19)36-16-22-28-10-13-37-22/h2-3,7-8,10,13-14,17-18H,1,4,6,11-12,15-16H2,(H2,27,29,30). The lowest BCUT2D eigenvalue weighted by atomic mass is 10.1. The number of hydrogen-bond acceptors (Lipinski definition) is 9. The molecule has 1 aromatic carbocycles. The fourth-order valence-electron chi connectivity index (χ4n) is 4.18. The topological polar surface area (TPSA) is 121 Å². The minimum absolute atomic E-state index is 0.0478. The van der Waals surface area contributed by atoms with Gasteiger partial charge in [0, 0.05) is 30.7 Å². The van der Waals surface area contributed by atoms with E-state index < -0.39 is 0 Å². The Morgan fingerprint density at radius 1 is 1.27 bits per heavy atom. The zero-order chi connectivity index (χ0) is 25.6. The van der Waals surface area contributed by atoms with Crippen molar-refractivity contribution in [3.63, 3.8) is 0 Å². The van der Waals surface area contributed by atoms with E-state index in [0.717, 1.165) is 17.8 Å². The van der Waals surface area contributed by atoms with Gasteiger partial charge in [-0.2, -0.15) is 5.10 Å². The summed E-state index contributed by atoms with van der Waals surface area (Å²) >= 11 is 1.54. The van der Waals surface area contributed by atoms with E-state index in [2.05, 4.69) is 33.4 Å². The van der Waals surface area contributed by atoms with E-state index in [4.69, 9.17) is 20.3 Å². The SMILES string of the molecule is C=CC(=O)N1CCCC(n2nc(C#CCOc3cccc(OCc4nccs4)c3)c3c(N)ncnc32)C1. The summed E-state index contributed by atoms with van der Waals surface area (Å²) < 4.78 is 13.4. The highest BCUT2D eigenvalue weighted by molar-refractivity contribution is 7.09. The number of carbonyl (C=O) groups excluding carboxylic acids is 1.